The third-order valence-electron chi connectivity index (χ3n) is 3.65. The molecule has 0 saturated carbocycles. The van der Waals surface area contributed by atoms with Gasteiger partial charge in [-0.15, -0.1) is 0 Å². The summed E-state index contributed by atoms with van der Waals surface area (Å²) in [5.74, 6) is 6.98. The van der Waals surface area contributed by atoms with E-state index in [0.717, 1.165) is 12.0 Å². The second-order valence-corrected chi connectivity index (χ2v) is 5.29. The number of hydrogen-bond donors (Lipinski definition) is 0. The van der Waals surface area contributed by atoms with Crippen LogP contribution in [0.4, 0.5) is 0 Å². The summed E-state index contributed by atoms with van der Waals surface area (Å²) in [4.78, 5) is 0. The third-order valence-corrected chi connectivity index (χ3v) is 3.65. The maximum atomic E-state index is 3.45. The molecule has 0 nitrogen and oxygen atoms in total. The molecule has 0 bridgehead atoms. The molecule has 3 aromatic rings. The van der Waals surface area contributed by atoms with Gasteiger partial charge in [0.05, 0.1) is 0 Å². The monoisotopic (exact) mass is 282 g/mol. The summed E-state index contributed by atoms with van der Waals surface area (Å²) >= 11 is 0. The van der Waals surface area contributed by atoms with Gasteiger partial charge in [0.2, 0.25) is 0 Å². The zero-order valence-electron chi connectivity index (χ0n) is 12.4. The fourth-order valence-electron chi connectivity index (χ4n) is 2.48. The Bertz CT molecular complexity index is 747. The van der Waals surface area contributed by atoms with Crippen LogP contribution in [0.2, 0.25) is 0 Å². The van der Waals surface area contributed by atoms with Crippen LogP contribution >= 0.6 is 0 Å². The molecule has 0 heterocycles. The average molecular weight is 282 g/mol. The maximum absolute atomic E-state index is 3.45. The fourth-order valence-corrected chi connectivity index (χ4v) is 2.48. The lowest BCUT2D eigenvalue weighted by Gasteiger charge is -2.11. The Morgan fingerprint density at radius 2 is 1.18 bits per heavy atom. The summed E-state index contributed by atoms with van der Waals surface area (Å²) in [6.07, 6.45) is 0.935. The first-order valence-corrected chi connectivity index (χ1v) is 7.57. The lowest BCUT2D eigenvalue weighted by atomic mass is 9.92. The van der Waals surface area contributed by atoms with Gasteiger partial charge in [-0.05, 0) is 29.7 Å². The van der Waals surface area contributed by atoms with E-state index < -0.39 is 0 Å². The van der Waals surface area contributed by atoms with Crippen LogP contribution in [0.5, 0.6) is 0 Å². The summed E-state index contributed by atoms with van der Waals surface area (Å²) in [7, 11) is 0. The van der Waals surface area contributed by atoms with Crippen molar-refractivity contribution < 1.29 is 0 Å². The summed E-state index contributed by atoms with van der Waals surface area (Å²) in [5.41, 5.74) is 3.66. The molecule has 0 radical (unpaired) electrons. The van der Waals surface area contributed by atoms with E-state index in [-0.39, 0.29) is 5.92 Å². The summed E-state index contributed by atoms with van der Waals surface area (Å²) in [6.45, 7) is 0. The van der Waals surface area contributed by atoms with Gasteiger partial charge in [0.15, 0.2) is 0 Å². The average Bonchev–Trinajstić information content (AvgIpc) is 2.61. The Hall–Kier alpha value is -2.78. The van der Waals surface area contributed by atoms with Crippen molar-refractivity contribution in [2.75, 3.05) is 0 Å². The Morgan fingerprint density at radius 1 is 0.636 bits per heavy atom. The van der Waals surface area contributed by atoms with Crippen molar-refractivity contribution in [2.45, 2.75) is 12.3 Å². The highest BCUT2D eigenvalue weighted by atomic mass is 14.1. The minimum Gasteiger partial charge on any atom is -0.0893 e. The molecular weight excluding hydrogens is 264 g/mol. The summed E-state index contributed by atoms with van der Waals surface area (Å²) in [6, 6.07) is 31.3. The normalized spacial score (nSPS) is 11.3. The molecule has 1 atom stereocenters. The van der Waals surface area contributed by atoms with Crippen LogP contribution in [0.1, 0.15) is 22.6 Å². The second kappa shape index (κ2) is 7.29. The van der Waals surface area contributed by atoms with E-state index in [1.807, 2.05) is 24.3 Å². The molecule has 0 N–H and O–H groups in total. The third kappa shape index (κ3) is 3.87. The molecular formula is C22H18. The lowest BCUT2D eigenvalue weighted by Crippen LogP contribution is -2.00. The van der Waals surface area contributed by atoms with E-state index in [4.69, 9.17) is 0 Å². The first-order chi connectivity index (χ1) is 10.9. The molecule has 0 aromatic heterocycles. The summed E-state index contributed by atoms with van der Waals surface area (Å²) < 4.78 is 0. The maximum Gasteiger partial charge on any atom is 0.0496 e. The van der Waals surface area contributed by atoms with E-state index in [9.17, 15) is 0 Å². The number of rotatable bonds is 3. The van der Waals surface area contributed by atoms with Gasteiger partial charge in [0.25, 0.3) is 0 Å². The largest absolute Gasteiger partial charge is 0.0893 e. The van der Waals surface area contributed by atoms with E-state index in [1.165, 1.54) is 11.1 Å². The van der Waals surface area contributed by atoms with Crippen molar-refractivity contribution in [3.05, 3.63) is 108 Å². The van der Waals surface area contributed by atoms with Crippen LogP contribution in [0.25, 0.3) is 0 Å². The van der Waals surface area contributed by atoms with Crippen molar-refractivity contribution >= 4 is 0 Å². The number of hydrogen-bond acceptors (Lipinski definition) is 0. The van der Waals surface area contributed by atoms with Gasteiger partial charge in [0, 0.05) is 11.5 Å². The molecule has 0 amide bonds. The van der Waals surface area contributed by atoms with Crippen molar-refractivity contribution in [2.24, 2.45) is 0 Å². The van der Waals surface area contributed by atoms with Gasteiger partial charge in [-0.1, -0.05) is 90.7 Å². The van der Waals surface area contributed by atoms with Crippen molar-refractivity contribution in [1.82, 2.24) is 0 Å². The van der Waals surface area contributed by atoms with Crippen LogP contribution in [-0.2, 0) is 6.42 Å². The molecule has 0 aliphatic heterocycles. The van der Waals surface area contributed by atoms with Crippen LogP contribution in [0.3, 0.4) is 0 Å². The molecule has 22 heavy (non-hydrogen) atoms. The van der Waals surface area contributed by atoms with Crippen molar-refractivity contribution in [3.63, 3.8) is 0 Å². The molecule has 3 rings (SSSR count). The Labute approximate surface area is 132 Å². The Morgan fingerprint density at radius 3 is 1.82 bits per heavy atom. The van der Waals surface area contributed by atoms with E-state index in [0.29, 0.717) is 0 Å². The van der Waals surface area contributed by atoms with E-state index in [2.05, 4.69) is 78.6 Å². The zero-order valence-corrected chi connectivity index (χ0v) is 12.4. The van der Waals surface area contributed by atoms with Crippen LogP contribution in [0.15, 0.2) is 91.0 Å². The molecule has 0 saturated heterocycles. The quantitative estimate of drug-likeness (QED) is 0.589. The molecule has 0 aliphatic carbocycles. The molecule has 1 unspecified atom stereocenters. The SMILES string of the molecule is C(#CC(Cc1ccccc1)c1ccccc1)c1ccccc1. The topological polar surface area (TPSA) is 0 Å². The number of benzene rings is 3. The molecule has 0 heteroatoms. The van der Waals surface area contributed by atoms with E-state index in [1.54, 1.807) is 0 Å². The zero-order chi connectivity index (χ0) is 15.0. The molecule has 3 aromatic carbocycles. The van der Waals surface area contributed by atoms with Crippen molar-refractivity contribution in [1.29, 1.82) is 0 Å². The highest BCUT2D eigenvalue weighted by Crippen LogP contribution is 2.20. The first kappa shape index (κ1) is 14.2. The van der Waals surface area contributed by atoms with Gasteiger partial charge in [-0.25, -0.2) is 0 Å². The van der Waals surface area contributed by atoms with E-state index >= 15 is 0 Å². The fraction of sp³-hybridized carbons (Fsp3) is 0.0909. The molecule has 0 aliphatic rings. The highest BCUT2D eigenvalue weighted by Gasteiger charge is 2.09. The minimum absolute atomic E-state index is 0.212. The van der Waals surface area contributed by atoms with Crippen LogP contribution < -0.4 is 0 Å². The van der Waals surface area contributed by atoms with Gasteiger partial charge in [-0.3, -0.25) is 0 Å². The smallest absolute Gasteiger partial charge is 0.0496 e. The predicted octanol–water partition coefficient (Wildman–Crippen LogP) is 5.06. The highest BCUT2D eigenvalue weighted by molar-refractivity contribution is 5.39. The predicted molar refractivity (Wildman–Crippen MR) is 92.6 cm³/mol. The van der Waals surface area contributed by atoms with Gasteiger partial charge >= 0.3 is 0 Å². The van der Waals surface area contributed by atoms with Gasteiger partial charge in [0.1, 0.15) is 0 Å². The minimum atomic E-state index is 0.212. The summed E-state index contributed by atoms with van der Waals surface area (Å²) in [5, 5.41) is 0. The standard InChI is InChI=1S/C22H18/c1-4-10-19(11-5-1)16-17-22(21-14-8-3-9-15-21)18-20-12-6-2-7-13-20/h1-15,22H,18H2. The lowest BCUT2D eigenvalue weighted by molar-refractivity contribution is 0.862. The van der Waals surface area contributed by atoms with Crippen LogP contribution in [0, 0.1) is 11.8 Å². The Kier molecular flexibility index (Phi) is 4.70. The first-order valence-electron chi connectivity index (χ1n) is 7.57. The Balaban J connectivity index is 1.89. The van der Waals surface area contributed by atoms with Gasteiger partial charge in [-0.2, -0.15) is 0 Å². The molecule has 0 spiro atoms. The molecule has 0 fully saturated rings. The molecule has 106 valence electrons. The van der Waals surface area contributed by atoms with Crippen molar-refractivity contribution in [3.8, 4) is 11.8 Å². The van der Waals surface area contributed by atoms with Crippen LogP contribution in [-0.4, -0.2) is 0 Å². The van der Waals surface area contributed by atoms with Gasteiger partial charge < -0.3 is 0 Å². The second-order valence-electron chi connectivity index (χ2n) is 5.29.